The third-order valence-electron chi connectivity index (χ3n) is 2.75. The predicted octanol–water partition coefficient (Wildman–Crippen LogP) is 2.22. The summed E-state index contributed by atoms with van der Waals surface area (Å²) in [6.45, 7) is 0. The molecule has 0 saturated heterocycles. The first kappa shape index (κ1) is 14.4. The van der Waals surface area contributed by atoms with E-state index in [9.17, 15) is 15.3 Å². The molecule has 0 aliphatic carbocycles. The van der Waals surface area contributed by atoms with Gasteiger partial charge < -0.3 is 24.8 Å². The van der Waals surface area contributed by atoms with Gasteiger partial charge in [0, 0.05) is 17.2 Å². The van der Waals surface area contributed by atoms with Gasteiger partial charge in [-0.3, -0.25) is 0 Å². The van der Waals surface area contributed by atoms with Crippen molar-refractivity contribution in [2.45, 2.75) is 0 Å². The zero-order valence-corrected chi connectivity index (χ0v) is 11.5. The van der Waals surface area contributed by atoms with Gasteiger partial charge in [0.15, 0.2) is 11.5 Å². The third kappa shape index (κ3) is 3.31. The molecule has 21 heavy (non-hydrogen) atoms. The Morgan fingerprint density at radius 3 is 2.10 bits per heavy atom. The van der Waals surface area contributed by atoms with Crippen molar-refractivity contribution in [3.63, 3.8) is 0 Å². The third-order valence-corrected chi connectivity index (χ3v) is 2.75. The van der Waals surface area contributed by atoms with Crippen molar-refractivity contribution in [3.8, 4) is 40.6 Å². The first-order valence-electron chi connectivity index (χ1n) is 6.03. The van der Waals surface area contributed by atoms with E-state index in [4.69, 9.17) is 9.47 Å². The average Bonchev–Trinajstić information content (AvgIpc) is 2.47. The van der Waals surface area contributed by atoms with Crippen molar-refractivity contribution in [1.82, 2.24) is 0 Å². The SMILES string of the molecule is COc1cc(O)cc(C#Cc2cc(O)c(O)c(OC)c2)c1. The zero-order valence-electron chi connectivity index (χ0n) is 11.5. The van der Waals surface area contributed by atoms with Gasteiger partial charge in [0.05, 0.1) is 14.2 Å². The first-order chi connectivity index (χ1) is 10.0. The molecular weight excluding hydrogens is 272 g/mol. The largest absolute Gasteiger partial charge is 0.508 e. The summed E-state index contributed by atoms with van der Waals surface area (Å²) in [4.78, 5) is 0. The molecule has 0 aliphatic rings. The van der Waals surface area contributed by atoms with Gasteiger partial charge in [-0.05, 0) is 24.3 Å². The van der Waals surface area contributed by atoms with E-state index >= 15 is 0 Å². The summed E-state index contributed by atoms with van der Waals surface area (Å²) in [6.07, 6.45) is 0. The van der Waals surface area contributed by atoms with E-state index in [0.717, 1.165) is 0 Å². The maximum atomic E-state index is 9.58. The normalized spacial score (nSPS) is 9.62. The van der Waals surface area contributed by atoms with Crippen LogP contribution in [0, 0.1) is 11.8 Å². The Morgan fingerprint density at radius 2 is 1.48 bits per heavy atom. The highest BCUT2D eigenvalue weighted by Gasteiger charge is 2.08. The number of phenolic OH excluding ortho intramolecular Hbond substituents is 3. The fourth-order valence-electron chi connectivity index (χ4n) is 1.74. The van der Waals surface area contributed by atoms with E-state index in [0.29, 0.717) is 16.9 Å². The Labute approximate surface area is 122 Å². The molecule has 3 N–H and O–H groups in total. The molecule has 0 radical (unpaired) electrons. The Morgan fingerprint density at radius 1 is 0.810 bits per heavy atom. The van der Waals surface area contributed by atoms with E-state index in [1.54, 1.807) is 6.07 Å². The second-order valence-electron chi connectivity index (χ2n) is 4.22. The van der Waals surface area contributed by atoms with Crippen LogP contribution < -0.4 is 9.47 Å². The highest BCUT2D eigenvalue weighted by molar-refractivity contribution is 5.57. The Balaban J connectivity index is 2.39. The minimum Gasteiger partial charge on any atom is -0.508 e. The first-order valence-corrected chi connectivity index (χ1v) is 6.03. The van der Waals surface area contributed by atoms with Crippen LogP contribution in [-0.2, 0) is 0 Å². The van der Waals surface area contributed by atoms with Crippen molar-refractivity contribution >= 4 is 0 Å². The molecule has 5 heteroatoms. The number of hydrogen-bond acceptors (Lipinski definition) is 5. The molecule has 0 saturated carbocycles. The summed E-state index contributed by atoms with van der Waals surface area (Å²) in [6, 6.07) is 7.46. The van der Waals surface area contributed by atoms with Gasteiger partial charge in [0.2, 0.25) is 5.75 Å². The Kier molecular flexibility index (Phi) is 4.10. The van der Waals surface area contributed by atoms with Crippen LogP contribution in [0.2, 0.25) is 0 Å². The number of hydrogen-bond donors (Lipinski definition) is 3. The van der Waals surface area contributed by atoms with Gasteiger partial charge >= 0.3 is 0 Å². The Bertz CT molecular complexity index is 725. The average molecular weight is 286 g/mol. The monoisotopic (exact) mass is 286 g/mol. The van der Waals surface area contributed by atoms with Gasteiger partial charge in [0.25, 0.3) is 0 Å². The van der Waals surface area contributed by atoms with Crippen molar-refractivity contribution in [1.29, 1.82) is 0 Å². The minimum absolute atomic E-state index is 0.0461. The lowest BCUT2D eigenvalue weighted by Gasteiger charge is -2.05. The molecule has 0 atom stereocenters. The fraction of sp³-hybridized carbons (Fsp3) is 0.125. The summed E-state index contributed by atoms with van der Waals surface area (Å²) in [5.41, 5.74) is 1.02. The second-order valence-corrected chi connectivity index (χ2v) is 4.22. The number of benzene rings is 2. The van der Waals surface area contributed by atoms with E-state index in [-0.39, 0.29) is 23.0 Å². The molecule has 0 spiro atoms. The van der Waals surface area contributed by atoms with E-state index < -0.39 is 0 Å². The second kappa shape index (κ2) is 5.97. The van der Waals surface area contributed by atoms with Gasteiger partial charge in [-0.2, -0.15) is 0 Å². The van der Waals surface area contributed by atoms with Gasteiger partial charge in [-0.1, -0.05) is 11.8 Å². The van der Waals surface area contributed by atoms with Crippen LogP contribution in [0.3, 0.4) is 0 Å². The summed E-state index contributed by atoms with van der Waals surface area (Å²) >= 11 is 0. The number of methoxy groups -OCH3 is 2. The smallest absolute Gasteiger partial charge is 0.200 e. The Hall–Kier alpha value is -3.00. The molecule has 0 aromatic heterocycles. The molecule has 0 fully saturated rings. The zero-order chi connectivity index (χ0) is 15.4. The maximum Gasteiger partial charge on any atom is 0.200 e. The number of rotatable bonds is 2. The topological polar surface area (TPSA) is 79.2 Å². The van der Waals surface area contributed by atoms with Crippen LogP contribution in [0.25, 0.3) is 0 Å². The predicted molar refractivity (Wildman–Crippen MR) is 77.0 cm³/mol. The molecule has 2 aromatic rings. The van der Waals surface area contributed by atoms with Crippen molar-refractivity contribution in [3.05, 3.63) is 41.5 Å². The number of phenols is 3. The highest BCUT2D eigenvalue weighted by atomic mass is 16.5. The lowest BCUT2D eigenvalue weighted by atomic mass is 10.1. The van der Waals surface area contributed by atoms with E-state index in [1.165, 1.54) is 38.5 Å². The fourth-order valence-corrected chi connectivity index (χ4v) is 1.74. The molecule has 0 heterocycles. The van der Waals surface area contributed by atoms with Crippen LogP contribution >= 0.6 is 0 Å². The van der Waals surface area contributed by atoms with Crippen LogP contribution in [0.5, 0.6) is 28.7 Å². The summed E-state index contributed by atoms with van der Waals surface area (Å²) in [5, 5.41) is 28.7. The van der Waals surface area contributed by atoms with E-state index in [1.807, 2.05) is 0 Å². The number of ether oxygens (including phenoxy) is 2. The number of aromatic hydroxyl groups is 3. The summed E-state index contributed by atoms with van der Waals surface area (Å²) < 4.78 is 9.97. The molecule has 0 amide bonds. The molecule has 108 valence electrons. The summed E-state index contributed by atoms with van der Waals surface area (Å²) in [7, 11) is 2.88. The molecule has 0 bridgehead atoms. The molecule has 0 unspecified atom stereocenters. The molecule has 5 nitrogen and oxygen atoms in total. The van der Waals surface area contributed by atoms with Gasteiger partial charge in [0.1, 0.15) is 11.5 Å². The van der Waals surface area contributed by atoms with Gasteiger partial charge in [-0.25, -0.2) is 0 Å². The maximum absolute atomic E-state index is 9.58. The van der Waals surface area contributed by atoms with Crippen molar-refractivity contribution < 1.29 is 24.8 Å². The lowest BCUT2D eigenvalue weighted by Crippen LogP contribution is -1.86. The highest BCUT2D eigenvalue weighted by Crippen LogP contribution is 2.35. The molecular formula is C16H14O5. The van der Waals surface area contributed by atoms with Crippen LogP contribution in [-0.4, -0.2) is 29.5 Å². The van der Waals surface area contributed by atoms with Crippen LogP contribution in [0.15, 0.2) is 30.3 Å². The standard InChI is InChI=1S/C16H14O5/c1-20-13-6-10(5-12(17)9-13)3-4-11-7-14(18)16(19)15(8-11)21-2/h5-9,17-19H,1-2H3. The van der Waals surface area contributed by atoms with E-state index in [2.05, 4.69) is 11.8 Å². The van der Waals surface area contributed by atoms with Gasteiger partial charge in [-0.15, -0.1) is 0 Å². The van der Waals surface area contributed by atoms with Crippen molar-refractivity contribution in [2.24, 2.45) is 0 Å². The molecule has 2 aromatic carbocycles. The quantitative estimate of drug-likeness (QED) is 0.583. The van der Waals surface area contributed by atoms with Crippen LogP contribution in [0.1, 0.15) is 11.1 Å². The minimum atomic E-state index is -0.331. The van der Waals surface area contributed by atoms with Crippen molar-refractivity contribution in [2.75, 3.05) is 14.2 Å². The molecule has 0 aliphatic heterocycles. The summed E-state index contributed by atoms with van der Waals surface area (Å²) in [5.74, 6) is 5.68. The van der Waals surface area contributed by atoms with Crippen LogP contribution in [0.4, 0.5) is 0 Å². The lowest BCUT2D eigenvalue weighted by molar-refractivity contribution is 0.351. The molecule has 2 rings (SSSR count).